The van der Waals surface area contributed by atoms with Crippen LogP contribution < -0.4 is 5.73 Å². The molecule has 2 fully saturated rings. The van der Waals surface area contributed by atoms with Gasteiger partial charge in [-0.1, -0.05) is 17.3 Å². The first-order valence-electron chi connectivity index (χ1n) is 6.25. The van der Waals surface area contributed by atoms with Crippen molar-refractivity contribution in [2.45, 2.75) is 31.6 Å². The summed E-state index contributed by atoms with van der Waals surface area (Å²) in [5.41, 5.74) is 8.26. The molecule has 0 aliphatic heterocycles. The summed E-state index contributed by atoms with van der Waals surface area (Å²) in [7, 11) is 0. The van der Waals surface area contributed by atoms with Crippen LogP contribution in [0.2, 0.25) is 0 Å². The van der Waals surface area contributed by atoms with E-state index in [1.165, 1.54) is 37.0 Å². The third-order valence-electron chi connectivity index (χ3n) is 3.23. The Morgan fingerprint density at radius 2 is 1.94 bits per heavy atom. The second kappa shape index (κ2) is 3.66. The van der Waals surface area contributed by atoms with Crippen molar-refractivity contribution in [1.82, 2.24) is 15.0 Å². The van der Waals surface area contributed by atoms with Gasteiger partial charge in [0.05, 0.1) is 5.69 Å². The molecule has 18 heavy (non-hydrogen) atoms. The monoisotopic (exact) mass is 256 g/mol. The Morgan fingerprint density at radius 1 is 1.11 bits per heavy atom. The number of hydrogen-bond acceptors (Lipinski definition) is 5. The van der Waals surface area contributed by atoms with Gasteiger partial charge in [0.2, 0.25) is 0 Å². The maximum Gasteiger partial charge on any atom is 0.191 e. The second-order valence-corrected chi connectivity index (χ2v) is 5.97. The van der Waals surface area contributed by atoms with Crippen molar-refractivity contribution >= 4 is 26.9 Å². The van der Waals surface area contributed by atoms with Gasteiger partial charge in [0.25, 0.3) is 0 Å². The van der Waals surface area contributed by atoms with E-state index in [4.69, 9.17) is 5.73 Å². The van der Waals surface area contributed by atoms with Crippen molar-refractivity contribution in [3.63, 3.8) is 0 Å². The van der Waals surface area contributed by atoms with E-state index in [1.54, 1.807) is 0 Å². The van der Waals surface area contributed by atoms with Gasteiger partial charge in [-0.2, -0.15) is 4.98 Å². The summed E-state index contributed by atoms with van der Waals surface area (Å²) in [5, 5.41) is 0.527. The molecule has 0 aromatic carbocycles. The first kappa shape index (κ1) is 10.3. The van der Waals surface area contributed by atoms with E-state index in [-0.39, 0.29) is 0 Å². The molecule has 2 aromatic rings. The minimum atomic E-state index is 0.527. The normalized spacial score (nSPS) is 18.7. The van der Waals surface area contributed by atoms with Gasteiger partial charge in [-0.25, -0.2) is 9.97 Å². The molecule has 2 aromatic heterocycles. The number of aromatic nitrogens is 3. The maximum atomic E-state index is 5.71. The predicted molar refractivity (Wildman–Crippen MR) is 71.2 cm³/mol. The minimum absolute atomic E-state index is 0.527. The number of nitrogens with zero attached hydrogens (tertiary/aromatic N) is 3. The topological polar surface area (TPSA) is 64.7 Å². The quantitative estimate of drug-likeness (QED) is 0.795. The van der Waals surface area contributed by atoms with Crippen molar-refractivity contribution in [3.05, 3.63) is 11.4 Å². The second-order valence-electron chi connectivity index (χ2n) is 4.96. The smallest absolute Gasteiger partial charge is 0.191 e. The van der Waals surface area contributed by atoms with E-state index in [2.05, 4.69) is 26.8 Å². The number of thiazole rings is 1. The number of nitrogens with two attached hydrogens (primary N) is 1. The van der Waals surface area contributed by atoms with Crippen LogP contribution in [-0.4, -0.2) is 15.0 Å². The van der Waals surface area contributed by atoms with Crippen LogP contribution in [0.4, 0.5) is 5.13 Å². The molecule has 2 saturated carbocycles. The summed E-state index contributed by atoms with van der Waals surface area (Å²) in [5.74, 6) is 7.60. The largest absolute Gasteiger partial charge is 0.375 e. The number of fused-ring (bicyclic) bond motifs is 1. The SMILES string of the molecule is Nc1nc2nc(C3CC3)c(C#CC3CC3)nc2s1. The van der Waals surface area contributed by atoms with Crippen LogP contribution in [0.1, 0.15) is 43.0 Å². The maximum absolute atomic E-state index is 5.71. The van der Waals surface area contributed by atoms with Gasteiger partial charge in [-0.15, -0.1) is 0 Å². The fourth-order valence-corrected chi connectivity index (χ4v) is 2.57. The number of nitrogen functional groups attached to an aromatic ring is 1. The van der Waals surface area contributed by atoms with E-state index in [0.29, 0.717) is 22.6 Å². The Labute approximate surface area is 109 Å². The Bertz CT molecular complexity index is 686. The summed E-state index contributed by atoms with van der Waals surface area (Å²) in [6, 6.07) is 0. The van der Waals surface area contributed by atoms with E-state index in [1.807, 2.05) is 0 Å². The number of hydrogen-bond donors (Lipinski definition) is 1. The fourth-order valence-electron chi connectivity index (χ4n) is 1.92. The molecular formula is C13H12N4S. The van der Waals surface area contributed by atoms with Gasteiger partial charge in [0.1, 0.15) is 5.69 Å². The highest BCUT2D eigenvalue weighted by Gasteiger charge is 2.29. The molecule has 0 spiro atoms. The fraction of sp³-hybridized carbons (Fsp3) is 0.462. The predicted octanol–water partition coefficient (Wildman–Crippen LogP) is 2.31. The molecule has 4 nitrogen and oxygen atoms in total. The van der Waals surface area contributed by atoms with Crippen LogP contribution >= 0.6 is 11.3 Å². The van der Waals surface area contributed by atoms with Gasteiger partial charge >= 0.3 is 0 Å². The van der Waals surface area contributed by atoms with Gasteiger partial charge in [0, 0.05) is 11.8 Å². The van der Waals surface area contributed by atoms with Crippen LogP contribution in [-0.2, 0) is 0 Å². The highest BCUT2D eigenvalue weighted by Crippen LogP contribution is 2.41. The number of rotatable bonds is 1. The van der Waals surface area contributed by atoms with E-state index in [0.717, 1.165) is 16.2 Å². The Kier molecular flexibility index (Phi) is 2.09. The van der Waals surface area contributed by atoms with Crippen LogP contribution in [0.3, 0.4) is 0 Å². The van der Waals surface area contributed by atoms with Gasteiger partial charge < -0.3 is 5.73 Å². The lowest BCUT2D eigenvalue weighted by Crippen LogP contribution is -1.97. The zero-order chi connectivity index (χ0) is 12.1. The zero-order valence-electron chi connectivity index (χ0n) is 9.81. The van der Waals surface area contributed by atoms with Crippen LogP contribution in [0.5, 0.6) is 0 Å². The molecule has 0 unspecified atom stereocenters. The van der Waals surface area contributed by atoms with Gasteiger partial charge in [-0.05, 0) is 31.6 Å². The molecule has 2 aliphatic rings. The molecule has 5 heteroatoms. The molecule has 0 atom stereocenters. The lowest BCUT2D eigenvalue weighted by Gasteiger charge is -2.00. The molecule has 2 N–H and O–H groups in total. The lowest BCUT2D eigenvalue weighted by molar-refractivity contribution is 0.999. The lowest BCUT2D eigenvalue weighted by atomic mass is 10.2. The Hall–Kier alpha value is -1.67. The molecular weight excluding hydrogens is 244 g/mol. The molecule has 2 heterocycles. The van der Waals surface area contributed by atoms with Crippen LogP contribution in [0.15, 0.2) is 0 Å². The van der Waals surface area contributed by atoms with Crippen molar-refractivity contribution in [3.8, 4) is 11.8 Å². The highest BCUT2D eigenvalue weighted by molar-refractivity contribution is 7.21. The Balaban J connectivity index is 1.86. The van der Waals surface area contributed by atoms with Crippen LogP contribution in [0.25, 0.3) is 10.5 Å². The molecule has 0 saturated heterocycles. The highest BCUT2D eigenvalue weighted by atomic mass is 32.1. The van der Waals surface area contributed by atoms with Crippen LogP contribution in [0, 0.1) is 17.8 Å². The summed E-state index contributed by atoms with van der Waals surface area (Å²) in [4.78, 5) is 14.2. The summed E-state index contributed by atoms with van der Waals surface area (Å²) >= 11 is 1.38. The molecule has 0 bridgehead atoms. The van der Waals surface area contributed by atoms with E-state index >= 15 is 0 Å². The Morgan fingerprint density at radius 3 is 2.67 bits per heavy atom. The van der Waals surface area contributed by atoms with Crippen molar-refractivity contribution in [1.29, 1.82) is 0 Å². The zero-order valence-corrected chi connectivity index (χ0v) is 10.6. The summed E-state index contributed by atoms with van der Waals surface area (Å²) in [6.07, 6.45) is 4.85. The van der Waals surface area contributed by atoms with E-state index in [9.17, 15) is 0 Å². The van der Waals surface area contributed by atoms with Crippen molar-refractivity contribution in [2.75, 3.05) is 5.73 Å². The van der Waals surface area contributed by atoms with Gasteiger partial charge in [-0.3, -0.25) is 0 Å². The molecule has 4 rings (SSSR count). The van der Waals surface area contributed by atoms with Crippen molar-refractivity contribution in [2.24, 2.45) is 5.92 Å². The first-order valence-corrected chi connectivity index (χ1v) is 7.07. The average molecular weight is 256 g/mol. The standard InChI is InChI=1S/C13H12N4S/c14-13-17-11-12(18-13)15-9(6-3-7-1-2-7)10(16-11)8-4-5-8/h7-8H,1-2,4-5H2,(H2,14,16,17). The average Bonchev–Trinajstić information content (AvgIpc) is 3.23. The van der Waals surface area contributed by atoms with E-state index < -0.39 is 0 Å². The third-order valence-corrected chi connectivity index (χ3v) is 3.99. The molecule has 2 aliphatic carbocycles. The minimum Gasteiger partial charge on any atom is -0.375 e. The third kappa shape index (κ3) is 1.83. The molecule has 90 valence electrons. The summed E-state index contributed by atoms with van der Waals surface area (Å²) in [6.45, 7) is 0. The van der Waals surface area contributed by atoms with Crippen molar-refractivity contribution < 1.29 is 0 Å². The summed E-state index contributed by atoms with van der Waals surface area (Å²) < 4.78 is 0. The molecule has 0 amide bonds. The number of anilines is 1. The molecule has 0 radical (unpaired) electrons. The van der Waals surface area contributed by atoms with Gasteiger partial charge in [0.15, 0.2) is 15.6 Å². The first-order chi connectivity index (χ1) is 8.79.